The minimum atomic E-state index is -0.259. The third kappa shape index (κ3) is 4.69. The monoisotopic (exact) mass is 357 g/mol. The van der Waals surface area contributed by atoms with Crippen molar-refractivity contribution < 1.29 is 9.21 Å². The van der Waals surface area contributed by atoms with E-state index in [1.165, 1.54) is 11.8 Å². The minimum absolute atomic E-state index is 0.0242. The van der Waals surface area contributed by atoms with Crippen LogP contribution in [0.3, 0.4) is 0 Å². The molecule has 1 amide bonds. The molecule has 0 saturated heterocycles. The van der Waals surface area contributed by atoms with Crippen molar-refractivity contribution in [3.8, 4) is 0 Å². The largest absolute Gasteiger partial charge is 0.467 e. The molecule has 1 atom stereocenters. The number of tetrazole rings is 1. The number of nitrogens with zero attached hydrogens (tertiary/aromatic N) is 4. The smallest absolute Gasteiger partial charge is 0.233 e. The lowest BCUT2D eigenvalue weighted by atomic mass is 10.2. The molecule has 0 fully saturated rings. The molecule has 3 rings (SSSR count). The average molecular weight is 357 g/mol. The summed E-state index contributed by atoms with van der Waals surface area (Å²) in [5, 5.41) is 15.0. The van der Waals surface area contributed by atoms with Crippen LogP contribution in [0.15, 0.2) is 58.3 Å². The summed E-state index contributed by atoms with van der Waals surface area (Å²) in [6, 6.07) is 13.5. The number of benzene rings is 1. The van der Waals surface area contributed by atoms with Gasteiger partial charge in [-0.1, -0.05) is 49.0 Å². The number of rotatable bonds is 8. The molecule has 3 aromatic rings. The van der Waals surface area contributed by atoms with Gasteiger partial charge in [0.2, 0.25) is 11.1 Å². The van der Waals surface area contributed by atoms with Gasteiger partial charge in [0.1, 0.15) is 12.3 Å². The Labute approximate surface area is 149 Å². The Morgan fingerprint density at radius 3 is 2.84 bits per heavy atom. The molecule has 1 N–H and O–H groups in total. The van der Waals surface area contributed by atoms with Crippen molar-refractivity contribution >= 4 is 17.7 Å². The molecule has 0 aliphatic rings. The highest BCUT2D eigenvalue weighted by Crippen LogP contribution is 2.23. The van der Waals surface area contributed by atoms with Crippen molar-refractivity contribution in [2.24, 2.45) is 0 Å². The van der Waals surface area contributed by atoms with E-state index in [1.54, 1.807) is 10.9 Å². The molecule has 1 aromatic carbocycles. The molecule has 0 radical (unpaired) electrons. The van der Waals surface area contributed by atoms with E-state index in [0.717, 1.165) is 11.3 Å². The lowest BCUT2D eigenvalue weighted by Gasteiger charge is -2.14. The Balaban J connectivity index is 1.60. The molecule has 0 aliphatic carbocycles. The van der Waals surface area contributed by atoms with Gasteiger partial charge in [0.15, 0.2) is 0 Å². The number of carbonyl (C=O) groups excluding carboxylic acids is 1. The number of hydrogen-bond acceptors (Lipinski definition) is 6. The Morgan fingerprint density at radius 1 is 1.28 bits per heavy atom. The summed E-state index contributed by atoms with van der Waals surface area (Å²) in [5.74, 6) is 0.736. The number of thioether (sulfide) groups is 1. The summed E-state index contributed by atoms with van der Waals surface area (Å²) >= 11 is 1.36. The quantitative estimate of drug-likeness (QED) is 0.624. The minimum Gasteiger partial charge on any atom is -0.467 e. The van der Waals surface area contributed by atoms with E-state index < -0.39 is 0 Å². The number of hydrogen-bond donors (Lipinski definition) is 1. The van der Waals surface area contributed by atoms with Crippen LogP contribution in [0.5, 0.6) is 0 Å². The SMILES string of the molecule is CCC(Sc1nnnn1Cc1ccco1)C(=O)NCc1ccccc1. The van der Waals surface area contributed by atoms with Crippen LogP contribution in [0.2, 0.25) is 0 Å². The van der Waals surface area contributed by atoms with Crippen LogP contribution in [0, 0.1) is 0 Å². The topological polar surface area (TPSA) is 85.8 Å². The molecule has 130 valence electrons. The van der Waals surface area contributed by atoms with Gasteiger partial charge in [0, 0.05) is 6.54 Å². The fourth-order valence-corrected chi connectivity index (χ4v) is 3.20. The maximum Gasteiger partial charge on any atom is 0.233 e. The van der Waals surface area contributed by atoms with Crippen molar-refractivity contribution in [3.63, 3.8) is 0 Å². The predicted octanol–water partition coefficient (Wildman–Crippen LogP) is 2.50. The zero-order chi connectivity index (χ0) is 17.5. The second-order valence-electron chi connectivity index (χ2n) is 5.42. The van der Waals surface area contributed by atoms with Gasteiger partial charge in [-0.3, -0.25) is 4.79 Å². The van der Waals surface area contributed by atoms with Crippen LogP contribution in [0.25, 0.3) is 0 Å². The molecule has 2 heterocycles. The molecule has 7 nitrogen and oxygen atoms in total. The maximum absolute atomic E-state index is 12.5. The van der Waals surface area contributed by atoms with Gasteiger partial charge < -0.3 is 9.73 Å². The van der Waals surface area contributed by atoms with Gasteiger partial charge in [-0.2, -0.15) is 0 Å². The fourth-order valence-electron chi connectivity index (χ4n) is 2.28. The molecule has 0 aliphatic heterocycles. The van der Waals surface area contributed by atoms with Gasteiger partial charge in [0.25, 0.3) is 0 Å². The first kappa shape index (κ1) is 17.2. The third-order valence-corrected chi connectivity index (χ3v) is 4.94. The number of carbonyl (C=O) groups is 1. The molecule has 8 heteroatoms. The van der Waals surface area contributed by atoms with Gasteiger partial charge in [0.05, 0.1) is 11.5 Å². The third-order valence-electron chi connectivity index (χ3n) is 3.61. The van der Waals surface area contributed by atoms with Crippen LogP contribution < -0.4 is 5.32 Å². The summed E-state index contributed by atoms with van der Waals surface area (Å²) in [6.45, 7) is 2.92. The van der Waals surface area contributed by atoms with E-state index >= 15 is 0 Å². The van der Waals surface area contributed by atoms with Crippen LogP contribution in [-0.2, 0) is 17.9 Å². The second kappa shape index (κ2) is 8.48. The Morgan fingerprint density at radius 2 is 2.12 bits per heavy atom. The van der Waals surface area contributed by atoms with E-state index in [4.69, 9.17) is 4.42 Å². The highest BCUT2D eigenvalue weighted by atomic mass is 32.2. The number of aromatic nitrogens is 4. The lowest BCUT2D eigenvalue weighted by Crippen LogP contribution is -2.32. The fraction of sp³-hybridized carbons (Fsp3) is 0.294. The normalized spacial score (nSPS) is 12.0. The van der Waals surface area contributed by atoms with E-state index in [1.807, 2.05) is 49.4 Å². The summed E-state index contributed by atoms with van der Waals surface area (Å²) < 4.78 is 6.96. The lowest BCUT2D eigenvalue weighted by molar-refractivity contribution is -0.120. The first-order chi connectivity index (χ1) is 12.3. The van der Waals surface area contributed by atoms with E-state index in [-0.39, 0.29) is 11.2 Å². The highest BCUT2D eigenvalue weighted by Gasteiger charge is 2.21. The van der Waals surface area contributed by atoms with Gasteiger partial charge >= 0.3 is 0 Å². The predicted molar refractivity (Wildman–Crippen MR) is 93.9 cm³/mol. The summed E-state index contributed by atoms with van der Waals surface area (Å²) in [6.07, 6.45) is 2.29. The Kier molecular flexibility index (Phi) is 5.84. The highest BCUT2D eigenvalue weighted by molar-refractivity contribution is 8.00. The first-order valence-electron chi connectivity index (χ1n) is 8.03. The van der Waals surface area contributed by atoms with Crippen molar-refractivity contribution in [2.75, 3.05) is 0 Å². The van der Waals surface area contributed by atoms with Crippen LogP contribution in [-0.4, -0.2) is 31.4 Å². The van der Waals surface area contributed by atoms with E-state index in [2.05, 4.69) is 20.8 Å². The summed E-state index contributed by atoms with van der Waals surface area (Å²) in [5.41, 5.74) is 1.07. The Hall–Kier alpha value is -2.61. The zero-order valence-electron chi connectivity index (χ0n) is 13.8. The number of nitrogens with one attached hydrogen (secondary N) is 1. The van der Waals surface area contributed by atoms with Crippen molar-refractivity contribution in [2.45, 2.75) is 36.8 Å². The maximum atomic E-state index is 12.5. The summed E-state index contributed by atoms with van der Waals surface area (Å²) in [4.78, 5) is 12.5. The summed E-state index contributed by atoms with van der Waals surface area (Å²) in [7, 11) is 0. The first-order valence-corrected chi connectivity index (χ1v) is 8.91. The van der Waals surface area contributed by atoms with Crippen molar-refractivity contribution in [3.05, 3.63) is 60.1 Å². The van der Waals surface area contributed by atoms with Gasteiger partial charge in [-0.25, -0.2) is 4.68 Å². The van der Waals surface area contributed by atoms with Crippen LogP contribution >= 0.6 is 11.8 Å². The zero-order valence-corrected chi connectivity index (χ0v) is 14.6. The van der Waals surface area contributed by atoms with E-state index in [9.17, 15) is 4.79 Å². The second-order valence-corrected chi connectivity index (χ2v) is 6.59. The number of furan rings is 1. The molecular weight excluding hydrogens is 338 g/mol. The molecule has 25 heavy (non-hydrogen) atoms. The standard InChI is InChI=1S/C17H19N5O2S/c1-2-15(16(23)18-11-13-7-4-3-5-8-13)25-17-19-20-21-22(17)12-14-9-6-10-24-14/h3-10,15H,2,11-12H2,1H3,(H,18,23). The van der Waals surface area contributed by atoms with Crippen molar-refractivity contribution in [1.29, 1.82) is 0 Å². The number of amides is 1. The van der Waals surface area contributed by atoms with Gasteiger partial charge in [-0.05, 0) is 34.5 Å². The molecular formula is C17H19N5O2S. The van der Waals surface area contributed by atoms with Crippen LogP contribution in [0.1, 0.15) is 24.7 Å². The van der Waals surface area contributed by atoms with Crippen molar-refractivity contribution in [1.82, 2.24) is 25.5 Å². The molecule has 0 saturated carbocycles. The molecule has 0 bridgehead atoms. The van der Waals surface area contributed by atoms with Gasteiger partial charge in [-0.15, -0.1) is 5.10 Å². The van der Waals surface area contributed by atoms with E-state index in [0.29, 0.717) is 24.7 Å². The molecule has 1 unspecified atom stereocenters. The van der Waals surface area contributed by atoms with Crippen LogP contribution in [0.4, 0.5) is 0 Å². The molecule has 2 aromatic heterocycles. The average Bonchev–Trinajstić information content (AvgIpc) is 3.31. The Bertz CT molecular complexity index is 788. The molecule has 0 spiro atoms.